The second kappa shape index (κ2) is 8.04. The number of hydrogen-bond donors (Lipinski definition) is 0. The van der Waals surface area contributed by atoms with Gasteiger partial charge in [0.2, 0.25) is 0 Å². The summed E-state index contributed by atoms with van der Waals surface area (Å²) in [6.45, 7) is 1.94. The van der Waals surface area contributed by atoms with Gasteiger partial charge < -0.3 is 14.4 Å². The Morgan fingerprint density at radius 2 is 1.87 bits per heavy atom. The zero-order valence-corrected chi connectivity index (χ0v) is 14.6. The minimum atomic E-state index is 0.0450. The maximum atomic E-state index is 12.9. The van der Waals surface area contributed by atoms with E-state index in [1.807, 2.05) is 37.1 Å². The second-order valence-electron chi connectivity index (χ2n) is 6.01. The fourth-order valence-electron chi connectivity index (χ4n) is 3.26. The van der Waals surface area contributed by atoms with Crippen LogP contribution in [0.2, 0.25) is 0 Å². The number of amides is 1. The molecule has 1 fully saturated rings. The van der Waals surface area contributed by atoms with E-state index in [-0.39, 0.29) is 5.91 Å². The van der Waals surface area contributed by atoms with Crippen LogP contribution in [0.1, 0.15) is 54.9 Å². The van der Waals surface area contributed by atoms with Gasteiger partial charge in [-0.2, -0.15) is 0 Å². The molecule has 1 saturated carbocycles. The van der Waals surface area contributed by atoms with Crippen LogP contribution in [0.5, 0.6) is 11.5 Å². The van der Waals surface area contributed by atoms with Crippen molar-refractivity contribution in [2.24, 2.45) is 0 Å². The molecule has 0 spiro atoms. The molecule has 0 heterocycles. The standard InChI is InChI=1S/C19H27NO3/c1-5-9-14-12-15(13-17(22-3)18(14)23-4)19(21)20(2)16-10-7-6-8-11-16/h5,9,12-13,16H,6-8,10-11H2,1-4H3/b9-5+. The molecule has 0 atom stereocenters. The fraction of sp³-hybridized carbons (Fsp3) is 0.526. The van der Waals surface area contributed by atoms with Crippen molar-refractivity contribution in [3.05, 3.63) is 29.3 Å². The van der Waals surface area contributed by atoms with Crippen LogP contribution < -0.4 is 9.47 Å². The zero-order valence-electron chi connectivity index (χ0n) is 14.6. The fourth-order valence-corrected chi connectivity index (χ4v) is 3.26. The number of rotatable bonds is 5. The Labute approximate surface area is 139 Å². The van der Waals surface area contributed by atoms with Gasteiger partial charge in [0.05, 0.1) is 14.2 Å². The lowest BCUT2D eigenvalue weighted by molar-refractivity contribution is 0.0696. The monoisotopic (exact) mass is 317 g/mol. The van der Waals surface area contributed by atoms with Gasteiger partial charge in [-0.15, -0.1) is 0 Å². The Balaban J connectivity index is 2.33. The van der Waals surface area contributed by atoms with Gasteiger partial charge in [-0.25, -0.2) is 0 Å². The third-order valence-corrected chi connectivity index (χ3v) is 4.54. The van der Waals surface area contributed by atoms with Gasteiger partial charge in [0, 0.05) is 24.2 Å². The van der Waals surface area contributed by atoms with E-state index in [0.717, 1.165) is 18.4 Å². The summed E-state index contributed by atoms with van der Waals surface area (Å²) in [7, 11) is 5.11. The highest BCUT2D eigenvalue weighted by molar-refractivity contribution is 5.96. The van der Waals surface area contributed by atoms with Crippen LogP contribution in [0.3, 0.4) is 0 Å². The van der Waals surface area contributed by atoms with Crippen molar-refractivity contribution in [1.29, 1.82) is 0 Å². The van der Waals surface area contributed by atoms with E-state index < -0.39 is 0 Å². The number of nitrogens with zero attached hydrogens (tertiary/aromatic N) is 1. The highest BCUT2D eigenvalue weighted by Gasteiger charge is 2.24. The maximum absolute atomic E-state index is 12.9. The van der Waals surface area contributed by atoms with Crippen LogP contribution in [0.4, 0.5) is 0 Å². The minimum absolute atomic E-state index is 0.0450. The predicted molar refractivity (Wildman–Crippen MR) is 93.2 cm³/mol. The van der Waals surface area contributed by atoms with Crippen LogP contribution in [0.15, 0.2) is 18.2 Å². The van der Waals surface area contributed by atoms with Gasteiger partial charge in [-0.1, -0.05) is 31.4 Å². The van der Waals surface area contributed by atoms with Crippen molar-refractivity contribution in [3.8, 4) is 11.5 Å². The molecule has 1 aromatic rings. The largest absolute Gasteiger partial charge is 0.493 e. The van der Waals surface area contributed by atoms with Crippen LogP contribution >= 0.6 is 0 Å². The topological polar surface area (TPSA) is 38.8 Å². The molecule has 126 valence electrons. The van der Waals surface area contributed by atoms with Gasteiger partial charge in [-0.3, -0.25) is 4.79 Å². The average Bonchev–Trinajstić information content (AvgIpc) is 2.60. The Kier molecular flexibility index (Phi) is 6.08. The Hall–Kier alpha value is -1.97. The van der Waals surface area contributed by atoms with Gasteiger partial charge in [-0.05, 0) is 31.9 Å². The summed E-state index contributed by atoms with van der Waals surface area (Å²) in [5, 5.41) is 0. The first-order chi connectivity index (χ1) is 11.1. The number of hydrogen-bond acceptors (Lipinski definition) is 3. The summed E-state index contributed by atoms with van der Waals surface area (Å²) in [5.41, 5.74) is 1.50. The number of benzene rings is 1. The first kappa shape index (κ1) is 17.4. The molecular weight excluding hydrogens is 290 g/mol. The summed E-state index contributed by atoms with van der Waals surface area (Å²) < 4.78 is 10.8. The molecule has 0 bridgehead atoms. The number of allylic oxidation sites excluding steroid dienone is 1. The number of ether oxygens (including phenoxy) is 2. The van der Waals surface area contributed by atoms with Gasteiger partial charge in [0.1, 0.15) is 0 Å². The van der Waals surface area contributed by atoms with E-state index in [2.05, 4.69) is 0 Å². The lowest BCUT2D eigenvalue weighted by atomic mass is 9.94. The van der Waals surface area contributed by atoms with Crippen LogP contribution in [-0.2, 0) is 0 Å². The van der Waals surface area contributed by atoms with Crippen molar-refractivity contribution in [2.75, 3.05) is 21.3 Å². The zero-order chi connectivity index (χ0) is 16.8. The molecular formula is C19H27NO3. The summed E-state index contributed by atoms with van der Waals surface area (Å²) >= 11 is 0. The smallest absolute Gasteiger partial charge is 0.254 e. The van der Waals surface area contributed by atoms with Crippen molar-refractivity contribution in [3.63, 3.8) is 0 Å². The molecule has 2 rings (SSSR count). The minimum Gasteiger partial charge on any atom is -0.493 e. The molecule has 0 aliphatic heterocycles. The first-order valence-electron chi connectivity index (χ1n) is 8.28. The van der Waals surface area contributed by atoms with Crippen molar-refractivity contribution >= 4 is 12.0 Å². The summed E-state index contributed by atoms with van der Waals surface area (Å²) in [5.74, 6) is 1.29. The van der Waals surface area contributed by atoms with Crippen LogP contribution in [0, 0.1) is 0 Å². The Morgan fingerprint density at radius 3 is 2.43 bits per heavy atom. The number of carbonyl (C=O) groups is 1. The molecule has 0 N–H and O–H groups in total. The lowest BCUT2D eigenvalue weighted by Gasteiger charge is -2.31. The molecule has 0 saturated heterocycles. The second-order valence-corrected chi connectivity index (χ2v) is 6.01. The van der Waals surface area contributed by atoms with Crippen molar-refractivity contribution < 1.29 is 14.3 Å². The molecule has 4 nitrogen and oxygen atoms in total. The number of carbonyl (C=O) groups excluding carboxylic acids is 1. The SMILES string of the molecule is C/C=C/c1cc(C(=O)N(C)C2CCCCC2)cc(OC)c1OC. The summed E-state index contributed by atoms with van der Waals surface area (Å²) in [6, 6.07) is 3.99. The molecule has 1 aliphatic rings. The Bertz CT molecular complexity index is 574. The van der Waals surface area contributed by atoms with E-state index in [1.54, 1.807) is 20.3 Å². The lowest BCUT2D eigenvalue weighted by Crippen LogP contribution is -2.38. The Morgan fingerprint density at radius 1 is 1.17 bits per heavy atom. The van der Waals surface area contributed by atoms with E-state index in [0.29, 0.717) is 23.1 Å². The van der Waals surface area contributed by atoms with Gasteiger partial charge >= 0.3 is 0 Å². The summed E-state index contributed by atoms with van der Waals surface area (Å²) in [4.78, 5) is 14.8. The predicted octanol–water partition coefficient (Wildman–Crippen LogP) is 4.14. The molecule has 4 heteroatoms. The van der Waals surface area contributed by atoms with E-state index >= 15 is 0 Å². The highest BCUT2D eigenvalue weighted by Crippen LogP contribution is 2.34. The maximum Gasteiger partial charge on any atom is 0.254 e. The van der Waals surface area contributed by atoms with Crippen LogP contribution in [-0.4, -0.2) is 38.1 Å². The normalized spacial score (nSPS) is 15.7. The molecule has 23 heavy (non-hydrogen) atoms. The van der Waals surface area contributed by atoms with Crippen molar-refractivity contribution in [1.82, 2.24) is 4.90 Å². The van der Waals surface area contributed by atoms with Crippen molar-refractivity contribution in [2.45, 2.75) is 45.1 Å². The average molecular weight is 317 g/mol. The molecule has 0 aromatic heterocycles. The molecule has 1 aromatic carbocycles. The van der Waals surface area contributed by atoms with Gasteiger partial charge in [0.25, 0.3) is 5.91 Å². The number of methoxy groups -OCH3 is 2. The van der Waals surface area contributed by atoms with E-state index in [4.69, 9.17) is 9.47 Å². The third kappa shape index (κ3) is 3.87. The van der Waals surface area contributed by atoms with Crippen LogP contribution in [0.25, 0.3) is 6.08 Å². The van der Waals surface area contributed by atoms with E-state index in [1.165, 1.54) is 19.3 Å². The van der Waals surface area contributed by atoms with E-state index in [9.17, 15) is 4.79 Å². The molecule has 0 radical (unpaired) electrons. The molecule has 1 aliphatic carbocycles. The summed E-state index contributed by atoms with van der Waals surface area (Å²) in [6.07, 6.45) is 9.74. The highest BCUT2D eigenvalue weighted by atomic mass is 16.5. The third-order valence-electron chi connectivity index (χ3n) is 4.54. The molecule has 0 unspecified atom stereocenters. The quantitative estimate of drug-likeness (QED) is 0.819. The first-order valence-corrected chi connectivity index (χ1v) is 8.28. The van der Waals surface area contributed by atoms with Gasteiger partial charge in [0.15, 0.2) is 11.5 Å². The molecule has 1 amide bonds.